The minimum Gasteiger partial charge on any atom is -0.388 e. The van der Waals surface area contributed by atoms with Crippen LogP contribution in [0.2, 0.25) is 0 Å². The fraction of sp³-hybridized carbons (Fsp3) is 0.444. The van der Waals surface area contributed by atoms with Crippen LogP contribution in [0.15, 0.2) is 53.8 Å². The number of aromatic nitrogens is 6. The molecule has 41 heavy (non-hydrogen) atoms. The molecule has 1 aliphatic rings. The summed E-state index contributed by atoms with van der Waals surface area (Å²) >= 11 is 0. The number of amides is 1. The molecule has 0 saturated carbocycles. The molecule has 0 bridgehead atoms. The van der Waals surface area contributed by atoms with E-state index in [1.807, 2.05) is 38.4 Å². The molecule has 5 rings (SSSR count). The zero-order chi connectivity index (χ0) is 29.3. The quantitative estimate of drug-likeness (QED) is 0.327. The second kappa shape index (κ2) is 11.4. The smallest absolute Gasteiger partial charge is 0.296 e. The van der Waals surface area contributed by atoms with E-state index in [-0.39, 0.29) is 38.1 Å². The first-order valence-corrected chi connectivity index (χ1v) is 13.2. The van der Waals surface area contributed by atoms with Crippen LogP contribution >= 0.6 is 0 Å². The number of halogens is 3. The Balaban J connectivity index is 1.24. The van der Waals surface area contributed by atoms with Gasteiger partial charge in [-0.15, -0.1) is 5.10 Å². The Hall–Kier alpha value is -4.04. The average molecular weight is 573 g/mol. The van der Waals surface area contributed by atoms with Gasteiger partial charge in [0, 0.05) is 37.5 Å². The zero-order valence-electron chi connectivity index (χ0n) is 22.7. The summed E-state index contributed by atoms with van der Waals surface area (Å²) in [4.78, 5) is 33.7. The molecule has 218 valence electrons. The van der Waals surface area contributed by atoms with E-state index in [1.54, 1.807) is 6.20 Å². The first kappa shape index (κ1) is 28.5. The van der Waals surface area contributed by atoms with Gasteiger partial charge >= 0.3 is 0 Å². The highest BCUT2D eigenvalue weighted by atomic mass is 19.3. The van der Waals surface area contributed by atoms with Crippen LogP contribution < -0.4 is 5.56 Å². The molecule has 14 heteroatoms. The van der Waals surface area contributed by atoms with E-state index in [0.717, 1.165) is 34.6 Å². The molecule has 1 N–H and O–H groups in total. The SMILES string of the molecule is CN(C)Cc1ccc(-c2cnc3c(=O)n(CC4(O)CCN(C(=O)CC(C(F)F)n5ccc(F)n5)CC4)cnn23)cc1. The van der Waals surface area contributed by atoms with Crippen molar-refractivity contribution in [2.24, 2.45) is 0 Å². The molecule has 1 aromatic carbocycles. The standard InChI is InChI=1S/C27H31F3N8O3/c1-34(2)15-18-3-5-19(6-4-18)21-14-31-25-26(40)36(17-32-38(21)25)16-27(41)8-11-35(12-9-27)23(39)13-20(24(29)30)37-10-7-22(28)33-37/h3-7,10,14,17,20,24,41H,8-9,11-13,15-16H2,1-2H3. The van der Waals surface area contributed by atoms with Gasteiger partial charge in [-0.3, -0.25) is 18.8 Å². The number of hydrogen-bond donors (Lipinski definition) is 1. The molecule has 1 unspecified atom stereocenters. The third-order valence-electron chi connectivity index (χ3n) is 7.35. The van der Waals surface area contributed by atoms with Gasteiger partial charge in [0.05, 0.1) is 30.5 Å². The molecule has 1 amide bonds. The Morgan fingerprint density at radius 2 is 1.85 bits per heavy atom. The van der Waals surface area contributed by atoms with Gasteiger partial charge in [-0.1, -0.05) is 24.3 Å². The normalized spacial score (nSPS) is 16.1. The van der Waals surface area contributed by atoms with Gasteiger partial charge in [0.25, 0.3) is 12.0 Å². The molecule has 4 aromatic rings. The Morgan fingerprint density at radius 3 is 2.46 bits per heavy atom. The highest BCUT2D eigenvalue weighted by molar-refractivity contribution is 5.76. The molecule has 0 aliphatic carbocycles. The largest absolute Gasteiger partial charge is 0.388 e. The van der Waals surface area contributed by atoms with Crippen LogP contribution in [0.5, 0.6) is 0 Å². The number of piperidine rings is 1. The lowest BCUT2D eigenvalue weighted by molar-refractivity contribution is -0.138. The maximum absolute atomic E-state index is 13.6. The zero-order valence-corrected chi connectivity index (χ0v) is 22.7. The molecule has 1 atom stereocenters. The fourth-order valence-corrected chi connectivity index (χ4v) is 5.11. The van der Waals surface area contributed by atoms with Crippen molar-refractivity contribution in [1.29, 1.82) is 0 Å². The number of carbonyl (C=O) groups excluding carboxylic acids is 1. The van der Waals surface area contributed by atoms with E-state index in [2.05, 4.69) is 20.1 Å². The summed E-state index contributed by atoms with van der Waals surface area (Å²) in [7, 11) is 3.98. The summed E-state index contributed by atoms with van der Waals surface area (Å²) in [6.45, 7) is 0.958. The van der Waals surface area contributed by atoms with Crippen molar-refractivity contribution in [1.82, 2.24) is 38.7 Å². The van der Waals surface area contributed by atoms with E-state index in [1.165, 1.54) is 20.3 Å². The van der Waals surface area contributed by atoms with Gasteiger partial charge in [-0.25, -0.2) is 18.3 Å². The van der Waals surface area contributed by atoms with Crippen LogP contribution in [-0.2, 0) is 17.9 Å². The van der Waals surface area contributed by atoms with Crippen molar-refractivity contribution < 1.29 is 23.1 Å². The van der Waals surface area contributed by atoms with E-state index >= 15 is 0 Å². The number of likely N-dealkylation sites (tertiary alicyclic amines) is 1. The number of hydrogen-bond acceptors (Lipinski definition) is 7. The summed E-state index contributed by atoms with van der Waals surface area (Å²) in [5.74, 6) is -1.46. The Bertz CT molecular complexity index is 1570. The number of benzene rings is 1. The maximum atomic E-state index is 13.6. The van der Waals surface area contributed by atoms with Crippen molar-refractivity contribution in [3.05, 3.63) is 70.9 Å². The molecule has 0 spiro atoms. The highest BCUT2D eigenvalue weighted by Crippen LogP contribution is 2.27. The molecular weight excluding hydrogens is 541 g/mol. The number of alkyl halides is 2. The molecular formula is C27H31F3N8O3. The van der Waals surface area contributed by atoms with E-state index < -0.39 is 41.9 Å². The number of nitrogens with zero attached hydrogens (tertiary/aromatic N) is 8. The lowest BCUT2D eigenvalue weighted by Crippen LogP contribution is -2.50. The monoisotopic (exact) mass is 572 g/mol. The number of aliphatic hydroxyl groups is 1. The average Bonchev–Trinajstić information content (AvgIpc) is 3.56. The van der Waals surface area contributed by atoms with Crippen molar-refractivity contribution in [2.75, 3.05) is 27.2 Å². The van der Waals surface area contributed by atoms with Crippen molar-refractivity contribution in [2.45, 2.75) is 50.4 Å². The van der Waals surface area contributed by atoms with Gasteiger partial charge in [-0.2, -0.15) is 9.49 Å². The van der Waals surface area contributed by atoms with Crippen LogP contribution in [-0.4, -0.2) is 89.0 Å². The fourth-order valence-electron chi connectivity index (χ4n) is 5.11. The lowest BCUT2D eigenvalue weighted by atomic mass is 9.91. The summed E-state index contributed by atoms with van der Waals surface area (Å²) in [6.07, 6.45) is 0.792. The number of imidazole rings is 1. The molecule has 4 heterocycles. The minimum absolute atomic E-state index is 0.0645. The second-order valence-corrected chi connectivity index (χ2v) is 10.7. The lowest BCUT2D eigenvalue weighted by Gasteiger charge is -2.38. The molecule has 3 aromatic heterocycles. The van der Waals surface area contributed by atoms with Crippen molar-refractivity contribution >= 4 is 11.6 Å². The first-order chi connectivity index (χ1) is 19.5. The number of carbonyl (C=O) groups is 1. The molecule has 1 fully saturated rings. The van der Waals surface area contributed by atoms with Crippen molar-refractivity contribution in [3.63, 3.8) is 0 Å². The Morgan fingerprint density at radius 1 is 1.15 bits per heavy atom. The first-order valence-electron chi connectivity index (χ1n) is 13.2. The summed E-state index contributed by atoms with van der Waals surface area (Å²) in [6, 6.07) is 7.26. The van der Waals surface area contributed by atoms with Crippen LogP contribution in [0.25, 0.3) is 16.9 Å². The van der Waals surface area contributed by atoms with Gasteiger partial charge in [0.2, 0.25) is 17.5 Å². The summed E-state index contributed by atoms with van der Waals surface area (Å²) < 4.78 is 43.8. The molecule has 0 radical (unpaired) electrons. The van der Waals surface area contributed by atoms with Gasteiger partial charge < -0.3 is 14.9 Å². The number of rotatable bonds is 9. The van der Waals surface area contributed by atoms with Crippen LogP contribution in [0, 0.1) is 5.95 Å². The maximum Gasteiger partial charge on any atom is 0.296 e. The van der Waals surface area contributed by atoms with Crippen LogP contribution in [0.4, 0.5) is 13.2 Å². The van der Waals surface area contributed by atoms with E-state index in [9.17, 15) is 27.9 Å². The summed E-state index contributed by atoms with van der Waals surface area (Å²) in [5, 5.41) is 19.0. The van der Waals surface area contributed by atoms with Gasteiger partial charge in [0.1, 0.15) is 12.4 Å². The van der Waals surface area contributed by atoms with Gasteiger partial charge in [-0.05, 0) is 32.5 Å². The van der Waals surface area contributed by atoms with Crippen molar-refractivity contribution in [3.8, 4) is 11.3 Å². The highest BCUT2D eigenvalue weighted by Gasteiger charge is 2.36. The predicted octanol–water partition coefficient (Wildman–Crippen LogP) is 2.21. The van der Waals surface area contributed by atoms with E-state index in [0.29, 0.717) is 5.69 Å². The number of fused-ring (bicyclic) bond motifs is 1. The Kier molecular flexibility index (Phi) is 7.95. The molecule has 1 aliphatic heterocycles. The van der Waals surface area contributed by atoms with E-state index in [4.69, 9.17) is 0 Å². The third kappa shape index (κ3) is 6.17. The third-order valence-corrected chi connectivity index (χ3v) is 7.35. The predicted molar refractivity (Wildman–Crippen MR) is 143 cm³/mol. The Labute approximate surface area is 233 Å². The minimum atomic E-state index is -2.92. The molecule has 11 nitrogen and oxygen atoms in total. The summed E-state index contributed by atoms with van der Waals surface area (Å²) in [5.41, 5.74) is 1.04. The van der Waals surface area contributed by atoms with Gasteiger partial charge in [0.15, 0.2) is 0 Å². The molecule has 1 saturated heterocycles. The van der Waals surface area contributed by atoms with Crippen LogP contribution in [0.1, 0.15) is 30.9 Å². The second-order valence-electron chi connectivity index (χ2n) is 10.7. The topological polar surface area (TPSA) is 114 Å². The van der Waals surface area contributed by atoms with Crippen LogP contribution in [0.3, 0.4) is 0 Å².